The molecule has 1 aliphatic rings. The van der Waals surface area contributed by atoms with Gasteiger partial charge in [-0.25, -0.2) is 0 Å². The molecule has 1 amide bonds. The standard InChI is InChI=1S/C15H21ClN2O2.ClH/c1-3-15(5-4-6-15)9-18-14(19)10-7-11(16)12(17)8-13(10)20-2;/h7-8H,3-6,9,17H2,1-2H3,(H,18,19);1H. The third-order valence-corrected chi connectivity index (χ3v) is 4.68. The Morgan fingerprint density at radius 2 is 2.14 bits per heavy atom. The number of nitrogens with one attached hydrogen (secondary N) is 1. The zero-order chi connectivity index (χ0) is 14.8. The quantitative estimate of drug-likeness (QED) is 0.808. The van der Waals surface area contributed by atoms with Crippen LogP contribution in [0.4, 0.5) is 5.69 Å². The fourth-order valence-electron chi connectivity index (χ4n) is 2.61. The summed E-state index contributed by atoms with van der Waals surface area (Å²) in [6, 6.07) is 3.14. The van der Waals surface area contributed by atoms with Crippen LogP contribution in [0, 0.1) is 5.41 Å². The maximum absolute atomic E-state index is 12.3. The number of amides is 1. The molecule has 0 heterocycles. The Labute approximate surface area is 136 Å². The first-order valence-electron chi connectivity index (χ1n) is 6.92. The van der Waals surface area contributed by atoms with Gasteiger partial charge in [-0.2, -0.15) is 0 Å². The number of benzene rings is 1. The SMILES string of the molecule is CCC1(CNC(=O)c2cc(Cl)c(N)cc2OC)CCC1.Cl. The molecule has 1 fully saturated rings. The molecule has 0 atom stereocenters. The van der Waals surface area contributed by atoms with Gasteiger partial charge in [-0.05, 0) is 30.7 Å². The molecule has 0 aromatic heterocycles. The lowest BCUT2D eigenvalue weighted by Gasteiger charge is -2.41. The van der Waals surface area contributed by atoms with E-state index in [0.717, 1.165) is 6.42 Å². The lowest BCUT2D eigenvalue weighted by atomic mass is 9.67. The number of ether oxygens (including phenoxy) is 1. The maximum atomic E-state index is 12.3. The summed E-state index contributed by atoms with van der Waals surface area (Å²) in [4.78, 5) is 12.3. The van der Waals surface area contributed by atoms with Crippen molar-refractivity contribution in [3.8, 4) is 5.75 Å². The summed E-state index contributed by atoms with van der Waals surface area (Å²) in [6.07, 6.45) is 4.71. The zero-order valence-electron chi connectivity index (χ0n) is 12.4. The Bertz CT molecular complexity index is 511. The molecule has 0 aliphatic heterocycles. The number of nitrogen functional groups attached to an aromatic ring is 1. The smallest absolute Gasteiger partial charge is 0.255 e. The van der Waals surface area contributed by atoms with E-state index in [1.165, 1.54) is 26.4 Å². The molecule has 118 valence electrons. The first kappa shape index (κ1) is 17.9. The molecule has 3 N–H and O–H groups in total. The van der Waals surface area contributed by atoms with Crippen LogP contribution in [0.2, 0.25) is 5.02 Å². The van der Waals surface area contributed by atoms with Crippen LogP contribution in [-0.4, -0.2) is 19.6 Å². The summed E-state index contributed by atoms with van der Waals surface area (Å²) in [5, 5.41) is 3.36. The minimum absolute atomic E-state index is 0. The van der Waals surface area contributed by atoms with Crippen molar-refractivity contribution in [2.24, 2.45) is 5.41 Å². The number of anilines is 1. The van der Waals surface area contributed by atoms with Crippen molar-refractivity contribution >= 4 is 35.6 Å². The first-order chi connectivity index (χ1) is 9.51. The number of methoxy groups -OCH3 is 1. The highest BCUT2D eigenvalue weighted by Crippen LogP contribution is 2.43. The summed E-state index contributed by atoms with van der Waals surface area (Å²) in [6.45, 7) is 2.87. The number of nitrogens with two attached hydrogens (primary N) is 1. The van der Waals surface area contributed by atoms with Gasteiger partial charge in [-0.15, -0.1) is 12.4 Å². The van der Waals surface area contributed by atoms with Crippen LogP contribution >= 0.6 is 24.0 Å². The molecule has 1 aromatic rings. The Kier molecular flexibility index (Phi) is 6.17. The first-order valence-corrected chi connectivity index (χ1v) is 7.30. The predicted molar refractivity (Wildman–Crippen MR) is 88.6 cm³/mol. The summed E-state index contributed by atoms with van der Waals surface area (Å²) >= 11 is 5.98. The molecule has 1 saturated carbocycles. The minimum atomic E-state index is -0.163. The Morgan fingerprint density at radius 1 is 1.48 bits per heavy atom. The van der Waals surface area contributed by atoms with E-state index in [0.29, 0.717) is 28.6 Å². The lowest BCUT2D eigenvalue weighted by Crippen LogP contribution is -2.41. The molecule has 2 rings (SSSR count). The van der Waals surface area contributed by atoms with Crippen LogP contribution < -0.4 is 15.8 Å². The number of carbonyl (C=O) groups excluding carboxylic acids is 1. The molecule has 0 radical (unpaired) electrons. The summed E-state index contributed by atoms with van der Waals surface area (Å²) in [7, 11) is 1.51. The number of carbonyl (C=O) groups is 1. The van der Waals surface area contributed by atoms with Crippen LogP contribution in [0.15, 0.2) is 12.1 Å². The third kappa shape index (κ3) is 3.74. The lowest BCUT2D eigenvalue weighted by molar-refractivity contribution is 0.0847. The maximum Gasteiger partial charge on any atom is 0.255 e. The number of halogens is 2. The van der Waals surface area contributed by atoms with Crippen LogP contribution in [0.5, 0.6) is 5.75 Å². The second-order valence-corrected chi connectivity index (χ2v) is 5.87. The summed E-state index contributed by atoms with van der Waals surface area (Å²) < 4.78 is 5.20. The van der Waals surface area contributed by atoms with Crippen molar-refractivity contribution in [2.75, 3.05) is 19.4 Å². The molecule has 0 spiro atoms. The van der Waals surface area contributed by atoms with Crippen molar-refractivity contribution < 1.29 is 9.53 Å². The molecule has 6 heteroatoms. The van der Waals surface area contributed by atoms with Crippen molar-refractivity contribution in [2.45, 2.75) is 32.6 Å². The van der Waals surface area contributed by atoms with E-state index in [-0.39, 0.29) is 23.7 Å². The average Bonchev–Trinajstić information content (AvgIpc) is 2.40. The number of hydrogen-bond donors (Lipinski definition) is 2. The van der Waals surface area contributed by atoms with Crippen LogP contribution in [0.1, 0.15) is 43.0 Å². The normalized spacial score (nSPS) is 15.6. The number of rotatable bonds is 5. The fraction of sp³-hybridized carbons (Fsp3) is 0.533. The van der Waals surface area contributed by atoms with Gasteiger partial charge in [0.25, 0.3) is 5.91 Å². The van der Waals surface area contributed by atoms with Crippen molar-refractivity contribution in [1.82, 2.24) is 5.32 Å². The minimum Gasteiger partial charge on any atom is -0.496 e. The van der Waals surface area contributed by atoms with Gasteiger partial charge in [0.2, 0.25) is 0 Å². The predicted octanol–water partition coefficient (Wildman–Crippen LogP) is 3.66. The van der Waals surface area contributed by atoms with Crippen LogP contribution in [0.3, 0.4) is 0 Å². The van der Waals surface area contributed by atoms with Gasteiger partial charge < -0.3 is 15.8 Å². The zero-order valence-corrected chi connectivity index (χ0v) is 13.9. The van der Waals surface area contributed by atoms with Gasteiger partial charge in [-0.3, -0.25) is 4.79 Å². The van der Waals surface area contributed by atoms with E-state index in [4.69, 9.17) is 22.1 Å². The Hall–Kier alpha value is -1.13. The van der Waals surface area contributed by atoms with Crippen LogP contribution in [0.25, 0.3) is 0 Å². The van der Waals surface area contributed by atoms with Gasteiger partial charge in [0.05, 0.1) is 23.4 Å². The summed E-state index contributed by atoms with van der Waals surface area (Å²) in [5.41, 5.74) is 6.83. The van der Waals surface area contributed by atoms with Gasteiger partial charge in [0, 0.05) is 12.6 Å². The van der Waals surface area contributed by atoms with Crippen LogP contribution in [-0.2, 0) is 0 Å². The van der Waals surface area contributed by atoms with Gasteiger partial charge in [-0.1, -0.05) is 24.9 Å². The van der Waals surface area contributed by atoms with Gasteiger partial charge in [0.1, 0.15) is 5.75 Å². The molecular formula is C15H22Cl2N2O2. The van der Waals surface area contributed by atoms with Crippen molar-refractivity contribution in [3.05, 3.63) is 22.7 Å². The van der Waals surface area contributed by atoms with Gasteiger partial charge >= 0.3 is 0 Å². The highest BCUT2D eigenvalue weighted by Gasteiger charge is 2.35. The largest absolute Gasteiger partial charge is 0.496 e. The monoisotopic (exact) mass is 332 g/mol. The topological polar surface area (TPSA) is 64.4 Å². The molecule has 21 heavy (non-hydrogen) atoms. The van der Waals surface area contributed by atoms with E-state index >= 15 is 0 Å². The molecular weight excluding hydrogens is 311 g/mol. The van der Waals surface area contributed by atoms with Crippen molar-refractivity contribution in [3.63, 3.8) is 0 Å². The van der Waals surface area contributed by atoms with E-state index < -0.39 is 0 Å². The highest BCUT2D eigenvalue weighted by molar-refractivity contribution is 6.33. The molecule has 1 aliphatic carbocycles. The Morgan fingerprint density at radius 3 is 2.62 bits per heavy atom. The van der Waals surface area contributed by atoms with E-state index in [1.807, 2.05) is 0 Å². The molecule has 0 unspecified atom stereocenters. The Balaban J connectivity index is 0.00000220. The van der Waals surface area contributed by atoms with E-state index in [1.54, 1.807) is 12.1 Å². The number of hydrogen-bond acceptors (Lipinski definition) is 3. The average molecular weight is 333 g/mol. The van der Waals surface area contributed by atoms with E-state index in [9.17, 15) is 4.79 Å². The molecule has 1 aromatic carbocycles. The van der Waals surface area contributed by atoms with Gasteiger partial charge in [0.15, 0.2) is 0 Å². The molecule has 0 bridgehead atoms. The van der Waals surface area contributed by atoms with E-state index in [2.05, 4.69) is 12.2 Å². The second kappa shape index (κ2) is 7.23. The fourth-order valence-corrected chi connectivity index (χ4v) is 2.77. The highest BCUT2D eigenvalue weighted by atomic mass is 35.5. The molecule has 0 saturated heterocycles. The second-order valence-electron chi connectivity index (χ2n) is 5.46. The molecule has 4 nitrogen and oxygen atoms in total. The van der Waals surface area contributed by atoms with Crippen molar-refractivity contribution in [1.29, 1.82) is 0 Å². The third-order valence-electron chi connectivity index (χ3n) is 4.35. The summed E-state index contributed by atoms with van der Waals surface area (Å²) in [5.74, 6) is 0.284.